The third kappa shape index (κ3) is 2.14. The largest absolute Gasteiger partial charge is 0.486 e. The predicted octanol–water partition coefficient (Wildman–Crippen LogP) is 3.97. The molecule has 2 nitrogen and oxygen atoms in total. The summed E-state index contributed by atoms with van der Waals surface area (Å²) in [6.45, 7) is 4.12. The molecule has 0 unspecified atom stereocenters. The molecule has 3 heteroatoms. The molecule has 0 radical (unpaired) electrons. The third-order valence-electron chi connectivity index (χ3n) is 2.91. The van der Waals surface area contributed by atoms with Crippen molar-refractivity contribution in [1.82, 2.24) is 0 Å². The zero-order valence-corrected chi connectivity index (χ0v) is 11.1. The molecule has 1 aliphatic rings. The summed E-state index contributed by atoms with van der Waals surface area (Å²) in [6, 6.07) is 5.61. The van der Waals surface area contributed by atoms with E-state index in [4.69, 9.17) is 4.74 Å². The maximum Gasteiger partial charge on any atom is 0.170 e. The van der Waals surface area contributed by atoms with E-state index >= 15 is 0 Å². The third-order valence-corrected chi connectivity index (χ3v) is 3.40. The van der Waals surface area contributed by atoms with Gasteiger partial charge in [-0.05, 0) is 31.5 Å². The molecule has 0 fully saturated rings. The Hall–Kier alpha value is -0.830. The molecule has 0 aromatic heterocycles. The van der Waals surface area contributed by atoms with Gasteiger partial charge in [-0.3, -0.25) is 4.79 Å². The van der Waals surface area contributed by atoms with Gasteiger partial charge in [0.15, 0.2) is 5.78 Å². The minimum atomic E-state index is -0.327. The van der Waals surface area contributed by atoms with E-state index in [2.05, 4.69) is 22.9 Å². The van der Waals surface area contributed by atoms with Gasteiger partial charge in [0.05, 0.1) is 12.0 Å². The number of ketones is 1. The monoisotopic (exact) mass is 282 g/mol. The number of rotatable bonds is 2. The lowest BCUT2D eigenvalue weighted by Crippen LogP contribution is -2.38. The maximum atomic E-state index is 12.0. The van der Waals surface area contributed by atoms with Crippen LogP contribution in [0.4, 0.5) is 0 Å². The molecule has 1 aromatic carbocycles. The second-order valence-corrected chi connectivity index (χ2v) is 5.46. The average molecular weight is 283 g/mol. The Balaban J connectivity index is 2.37. The summed E-state index contributed by atoms with van der Waals surface area (Å²) < 4.78 is 6.86. The van der Waals surface area contributed by atoms with E-state index in [0.717, 1.165) is 23.1 Å². The van der Waals surface area contributed by atoms with Crippen LogP contribution < -0.4 is 4.74 Å². The lowest BCUT2D eigenvalue weighted by Gasteiger charge is -2.34. The van der Waals surface area contributed by atoms with Gasteiger partial charge in [0, 0.05) is 4.47 Å². The fourth-order valence-electron chi connectivity index (χ4n) is 2.21. The molecule has 1 aromatic rings. The number of carbonyl (C=O) groups excluding carboxylic acids is 1. The molecular weight excluding hydrogens is 268 g/mol. The normalized spacial score (nSPS) is 23.8. The van der Waals surface area contributed by atoms with Crippen LogP contribution in [0.5, 0.6) is 5.75 Å². The molecule has 1 atom stereocenters. The Morgan fingerprint density at radius 1 is 1.50 bits per heavy atom. The van der Waals surface area contributed by atoms with Crippen LogP contribution in [0.3, 0.4) is 0 Å². The van der Waals surface area contributed by atoms with Gasteiger partial charge in [0.2, 0.25) is 0 Å². The molecule has 0 aliphatic carbocycles. The van der Waals surface area contributed by atoms with Crippen molar-refractivity contribution in [3.05, 3.63) is 28.2 Å². The molecule has 1 heterocycles. The van der Waals surface area contributed by atoms with Crippen molar-refractivity contribution in [1.29, 1.82) is 0 Å². The molecule has 86 valence electrons. The summed E-state index contributed by atoms with van der Waals surface area (Å²) in [7, 11) is 0. The van der Waals surface area contributed by atoms with Crippen LogP contribution in [0.2, 0.25) is 0 Å². The standard InChI is InChI=1S/C13H15BrO2/c1-3-6-13(2)8-11(15)10-7-9(14)4-5-12(10)16-13/h4-5,7H,3,6,8H2,1-2H3/t13-/m0/s1. The highest BCUT2D eigenvalue weighted by Crippen LogP contribution is 2.36. The SMILES string of the molecule is CCC[C@@]1(C)CC(=O)c2cc(Br)ccc2O1. The molecule has 0 saturated carbocycles. The number of ether oxygens (including phenoxy) is 1. The highest BCUT2D eigenvalue weighted by atomic mass is 79.9. The second-order valence-electron chi connectivity index (χ2n) is 4.54. The van der Waals surface area contributed by atoms with E-state index in [1.807, 2.05) is 25.1 Å². The maximum absolute atomic E-state index is 12.0. The van der Waals surface area contributed by atoms with Crippen LogP contribution in [-0.2, 0) is 0 Å². The van der Waals surface area contributed by atoms with Gasteiger partial charge in [-0.2, -0.15) is 0 Å². The van der Waals surface area contributed by atoms with Crippen LogP contribution in [0.15, 0.2) is 22.7 Å². The first-order valence-electron chi connectivity index (χ1n) is 5.56. The lowest BCUT2D eigenvalue weighted by atomic mass is 9.88. The molecular formula is C13H15BrO2. The van der Waals surface area contributed by atoms with Crippen LogP contribution in [0.1, 0.15) is 43.5 Å². The molecule has 0 N–H and O–H groups in total. The Morgan fingerprint density at radius 3 is 2.94 bits per heavy atom. The average Bonchev–Trinajstić information content (AvgIpc) is 2.19. The highest BCUT2D eigenvalue weighted by Gasteiger charge is 2.35. The Morgan fingerprint density at radius 2 is 2.25 bits per heavy atom. The first-order chi connectivity index (χ1) is 7.54. The summed E-state index contributed by atoms with van der Waals surface area (Å²) in [6.07, 6.45) is 2.41. The smallest absolute Gasteiger partial charge is 0.170 e. The zero-order valence-electron chi connectivity index (χ0n) is 9.55. The quantitative estimate of drug-likeness (QED) is 0.820. The fourth-order valence-corrected chi connectivity index (χ4v) is 2.57. The minimum absolute atomic E-state index is 0.179. The van der Waals surface area contributed by atoms with Crippen LogP contribution in [-0.4, -0.2) is 11.4 Å². The number of halogens is 1. The van der Waals surface area contributed by atoms with Gasteiger partial charge >= 0.3 is 0 Å². The van der Waals surface area contributed by atoms with Crippen molar-refractivity contribution >= 4 is 21.7 Å². The Bertz CT molecular complexity index is 428. The summed E-state index contributed by atoms with van der Waals surface area (Å²) in [4.78, 5) is 12.0. The van der Waals surface area contributed by atoms with Crippen molar-refractivity contribution < 1.29 is 9.53 Å². The van der Waals surface area contributed by atoms with E-state index in [9.17, 15) is 4.79 Å². The summed E-state index contributed by atoms with van der Waals surface area (Å²) >= 11 is 3.37. The number of carbonyl (C=O) groups is 1. The Kier molecular flexibility index (Phi) is 3.06. The summed E-state index contributed by atoms with van der Waals surface area (Å²) in [5.74, 6) is 0.897. The molecule has 16 heavy (non-hydrogen) atoms. The lowest BCUT2D eigenvalue weighted by molar-refractivity contribution is 0.0465. The van der Waals surface area contributed by atoms with E-state index in [1.54, 1.807) is 0 Å². The molecule has 0 amide bonds. The number of fused-ring (bicyclic) bond motifs is 1. The molecule has 0 bridgehead atoms. The van der Waals surface area contributed by atoms with E-state index in [1.165, 1.54) is 0 Å². The topological polar surface area (TPSA) is 26.3 Å². The van der Waals surface area contributed by atoms with E-state index < -0.39 is 0 Å². The number of benzene rings is 1. The minimum Gasteiger partial charge on any atom is -0.486 e. The van der Waals surface area contributed by atoms with Gasteiger partial charge in [0.25, 0.3) is 0 Å². The van der Waals surface area contributed by atoms with Gasteiger partial charge < -0.3 is 4.74 Å². The van der Waals surface area contributed by atoms with Crippen molar-refractivity contribution in [3.8, 4) is 5.75 Å². The van der Waals surface area contributed by atoms with E-state index in [-0.39, 0.29) is 11.4 Å². The van der Waals surface area contributed by atoms with Gasteiger partial charge in [-0.1, -0.05) is 29.3 Å². The Labute approximate surface area is 104 Å². The number of Topliss-reactive ketones (excluding diaryl/α,β-unsaturated/α-hetero) is 1. The zero-order chi connectivity index (χ0) is 11.8. The predicted molar refractivity (Wildman–Crippen MR) is 67.0 cm³/mol. The van der Waals surface area contributed by atoms with Gasteiger partial charge in [-0.15, -0.1) is 0 Å². The van der Waals surface area contributed by atoms with Crippen LogP contribution in [0.25, 0.3) is 0 Å². The summed E-state index contributed by atoms with van der Waals surface area (Å²) in [5, 5.41) is 0. The first-order valence-corrected chi connectivity index (χ1v) is 6.35. The fraction of sp³-hybridized carbons (Fsp3) is 0.462. The van der Waals surface area contributed by atoms with Crippen molar-refractivity contribution in [2.75, 3.05) is 0 Å². The van der Waals surface area contributed by atoms with Crippen molar-refractivity contribution in [2.45, 2.75) is 38.7 Å². The van der Waals surface area contributed by atoms with E-state index in [0.29, 0.717) is 12.0 Å². The number of hydrogen-bond acceptors (Lipinski definition) is 2. The van der Waals surface area contributed by atoms with Crippen LogP contribution >= 0.6 is 15.9 Å². The van der Waals surface area contributed by atoms with Crippen LogP contribution in [0, 0.1) is 0 Å². The summed E-state index contributed by atoms with van der Waals surface area (Å²) in [5.41, 5.74) is 0.370. The van der Waals surface area contributed by atoms with Crippen molar-refractivity contribution in [2.24, 2.45) is 0 Å². The second kappa shape index (κ2) is 4.21. The van der Waals surface area contributed by atoms with Gasteiger partial charge in [-0.25, -0.2) is 0 Å². The highest BCUT2D eigenvalue weighted by molar-refractivity contribution is 9.10. The molecule has 0 saturated heterocycles. The number of hydrogen-bond donors (Lipinski definition) is 0. The van der Waals surface area contributed by atoms with Gasteiger partial charge in [0.1, 0.15) is 11.4 Å². The first kappa shape index (κ1) is 11.6. The molecule has 1 aliphatic heterocycles. The molecule has 0 spiro atoms. The molecule has 2 rings (SSSR count). The van der Waals surface area contributed by atoms with Crippen molar-refractivity contribution in [3.63, 3.8) is 0 Å².